The molecule has 0 fully saturated rings. The van der Waals surface area contributed by atoms with Crippen molar-refractivity contribution in [1.29, 1.82) is 0 Å². The van der Waals surface area contributed by atoms with Crippen molar-refractivity contribution in [2.75, 3.05) is 19.0 Å². The first-order valence-electron chi connectivity index (χ1n) is 9.80. The van der Waals surface area contributed by atoms with Crippen LogP contribution in [0.5, 0.6) is 0 Å². The first-order chi connectivity index (χ1) is 14.6. The molecular weight excluding hydrogens is 372 g/mol. The number of rotatable bonds is 5. The summed E-state index contributed by atoms with van der Waals surface area (Å²) in [4.78, 5) is 14.5. The number of nitrogens with one attached hydrogen (secondary N) is 1. The number of aromatic nitrogens is 1. The molecule has 0 radical (unpaired) electrons. The van der Waals surface area contributed by atoms with Crippen molar-refractivity contribution in [1.82, 2.24) is 9.99 Å². The van der Waals surface area contributed by atoms with Crippen molar-refractivity contribution in [2.24, 2.45) is 12.1 Å². The Balaban J connectivity index is 1.68. The highest BCUT2D eigenvalue weighted by Crippen LogP contribution is 2.31. The van der Waals surface area contributed by atoms with Crippen molar-refractivity contribution in [2.45, 2.75) is 0 Å². The average molecular weight is 396 g/mol. The van der Waals surface area contributed by atoms with Gasteiger partial charge in [0.2, 0.25) is 0 Å². The summed E-state index contributed by atoms with van der Waals surface area (Å²) in [6.45, 7) is 0. The molecule has 1 N–H and O–H groups in total. The Labute approximate surface area is 176 Å². The summed E-state index contributed by atoms with van der Waals surface area (Å²) >= 11 is 0. The van der Waals surface area contributed by atoms with Gasteiger partial charge in [0.1, 0.15) is 0 Å². The number of hydrazone groups is 1. The number of aryl methyl sites for hydroxylation is 1. The Morgan fingerprint density at radius 1 is 0.967 bits per heavy atom. The topological polar surface area (TPSA) is 49.6 Å². The van der Waals surface area contributed by atoms with Gasteiger partial charge in [-0.3, -0.25) is 4.79 Å². The third-order valence-corrected chi connectivity index (χ3v) is 5.18. The molecular formula is C25H24N4O. The van der Waals surface area contributed by atoms with Gasteiger partial charge in [-0.25, -0.2) is 5.43 Å². The first kappa shape index (κ1) is 19.5. The SMILES string of the molecule is CN(C)c1cccc(C(=O)N/N=C/c2c(-c3ccccc3)n(C)c3ccccc23)c1. The van der Waals surface area contributed by atoms with Crippen LogP contribution in [0.25, 0.3) is 22.2 Å². The molecule has 30 heavy (non-hydrogen) atoms. The second-order valence-electron chi connectivity index (χ2n) is 7.35. The van der Waals surface area contributed by atoms with E-state index >= 15 is 0 Å². The van der Waals surface area contributed by atoms with Crippen molar-refractivity contribution >= 4 is 28.7 Å². The van der Waals surface area contributed by atoms with Gasteiger partial charge in [-0.1, -0.05) is 54.6 Å². The molecule has 5 heteroatoms. The Hall–Kier alpha value is -3.86. The summed E-state index contributed by atoms with van der Waals surface area (Å²) in [7, 11) is 5.94. The third-order valence-electron chi connectivity index (χ3n) is 5.18. The van der Waals surface area contributed by atoms with Crippen LogP contribution < -0.4 is 10.3 Å². The molecule has 1 heterocycles. The van der Waals surface area contributed by atoms with E-state index in [1.54, 1.807) is 12.3 Å². The normalized spacial score (nSPS) is 11.2. The van der Waals surface area contributed by atoms with Crippen molar-refractivity contribution in [3.05, 3.63) is 90.0 Å². The first-order valence-corrected chi connectivity index (χ1v) is 9.80. The molecule has 150 valence electrons. The Kier molecular flexibility index (Phi) is 5.35. The lowest BCUT2D eigenvalue weighted by atomic mass is 10.1. The highest BCUT2D eigenvalue weighted by molar-refractivity contribution is 6.07. The minimum Gasteiger partial charge on any atom is -0.378 e. The van der Waals surface area contributed by atoms with E-state index in [0.29, 0.717) is 5.56 Å². The average Bonchev–Trinajstić information content (AvgIpc) is 3.06. The number of anilines is 1. The number of benzene rings is 3. The van der Waals surface area contributed by atoms with E-state index in [2.05, 4.69) is 39.4 Å². The molecule has 4 aromatic rings. The number of carbonyl (C=O) groups excluding carboxylic acids is 1. The minimum atomic E-state index is -0.239. The summed E-state index contributed by atoms with van der Waals surface area (Å²) in [5.41, 5.74) is 8.45. The second kappa shape index (κ2) is 8.25. The van der Waals surface area contributed by atoms with Crippen LogP contribution in [-0.2, 0) is 7.05 Å². The molecule has 0 saturated heterocycles. The van der Waals surface area contributed by atoms with Crippen LogP contribution >= 0.6 is 0 Å². The molecule has 0 bridgehead atoms. The number of amides is 1. The van der Waals surface area contributed by atoms with Crippen LogP contribution in [0.15, 0.2) is 84.0 Å². The number of carbonyl (C=O) groups is 1. The molecule has 1 aromatic heterocycles. The lowest BCUT2D eigenvalue weighted by molar-refractivity contribution is 0.0955. The minimum absolute atomic E-state index is 0.239. The zero-order chi connectivity index (χ0) is 21.1. The van der Waals surface area contributed by atoms with Crippen LogP contribution in [0.4, 0.5) is 5.69 Å². The molecule has 0 aliphatic rings. The van der Waals surface area contributed by atoms with Gasteiger partial charge in [0.25, 0.3) is 5.91 Å². The maximum atomic E-state index is 12.6. The molecule has 0 unspecified atom stereocenters. The van der Waals surface area contributed by atoms with Crippen LogP contribution in [0, 0.1) is 0 Å². The van der Waals surface area contributed by atoms with E-state index < -0.39 is 0 Å². The fraction of sp³-hybridized carbons (Fsp3) is 0.120. The summed E-state index contributed by atoms with van der Waals surface area (Å²) in [5.74, 6) is -0.239. The summed E-state index contributed by atoms with van der Waals surface area (Å²) in [6.07, 6.45) is 1.73. The van der Waals surface area contributed by atoms with E-state index in [-0.39, 0.29) is 5.91 Å². The van der Waals surface area contributed by atoms with E-state index in [9.17, 15) is 4.79 Å². The molecule has 5 nitrogen and oxygen atoms in total. The van der Waals surface area contributed by atoms with Gasteiger partial charge in [0.05, 0.1) is 11.9 Å². The summed E-state index contributed by atoms with van der Waals surface area (Å²) < 4.78 is 2.16. The molecule has 0 spiro atoms. The summed E-state index contributed by atoms with van der Waals surface area (Å²) in [6, 6.07) is 25.9. The third kappa shape index (κ3) is 3.70. The number of para-hydroxylation sites is 1. The van der Waals surface area contributed by atoms with E-state index in [1.165, 1.54) is 0 Å². The smallest absolute Gasteiger partial charge is 0.271 e. The maximum Gasteiger partial charge on any atom is 0.271 e. The highest BCUT2D eigenvalue weighted by Gasteiger charge is 2.15. The lowest BCUT2D eigenvalue weighted by Gasteiger charge is -2.12. The standard InChI is InChI=1S/C25H24N4O/c1-28(2)20-13-9-12-19(16-20)25(30)27-26-17-22-21-14-7-8-15-23(21)29(3)24(22)18-10-5-4-6-11-18/h4-17H,1-3H3,(H,27,30)/b26-17+. The maximum absolute atomic E-state index is 12.6. The lowest BCUT2D eigenvalue weighted by Crippen LogP contribution is -2.18. The predicted molar refractivity (Wildman–Crippen MR) is 124 cm³/mol. The largest absolute Gasteiger partial charge is 0.378 e. The Morgan fingerprint density at radius 2 is 1.70 bits per heavy atom. The van der Waals surface area contributed by atoms with Gasteiger partial charge in [-0.15, -0.1) is 0 Å². The van der Waals surface area contributed by atoms with E-state index in [0.717, 1.165) is 33.4 Å². The van der Waals surface area contributed by atoms with Crippen molar-refractivity contribution in [3.8, 4) is 11.3 Å². The van der Waals surface area contributed by atoms with Crippen LogP contribution in [0.1, 0.15) is 15.9 Å². The number of fused-ring (bicyclic) bond motifs is 1. The Bertz CT molecular complexity index is 1220. The van der Waals surface area contributed by atoms with Gasteiger partial charge >= 0.3 is 0 Å². The number of hydrogen-bond donors (Lipinski definition) is 1. The monoisotopic (exact) mass is 396 g/mol. The highest BCUT2D eigenvalue weighted by atomic mass is 16.2. The zero-order valence-corrected chi connectivity index (χ0v) is 17.3. The van der Waals surface area contributed by atoms with Crippen molar-refractivity contribution in [3.63, 3.8) is 0 Å². The van der Waals surface area contributed by atoms with E-state index in [1.807, 2.05) is 74.6 Å². The molecule has 0 aliphatic carbocycles. The van der Waals surface area contributed by atoms with Crippen LogP contribution in [0.2, 0.25) is 0 Å². The van der Waals surface area contributed by atoms with Crippen LogP contribution in [-0.4, -0.2) is 30.8 Å². The number of nitrogens with zero attached hydrogens (tertiary/aromatic N) is 3. The second-order valence-corrected chi connectivity index (χ2v) is 7.35. The zero-order valence-electron chi connectivity index (χ0n) is 17.3. The van der Waals surface area contributed by atoms with Gasteiger partial charge < -0.3 is 9.47 Å². The quantitative estimate of drug-likeness (QED) is 0.393. The molecule has 0 atom stereocenters. The number of hydrogen-bond acceptors (Lipinski definition) is 3. The fourth-order valence-corrected chi connectivity index (χ4v) is 3.64. The van der Waals surface area contributed by atoms with Gasteiger partial charge in [0, 0.05) is 48.9 Å². The van der Waals surface area contributed by atoms with Crippen LogP contribution in [0.3, 0.4) is 0 Å². The summed E-state index contributed by atoms with van der Waals surface area (Å²) in [5, 5.41) is 5.38. The predicted octanol–water partition coefficient (Wildman–Crippen LogP) is 4.68. The van der Waals surface area contributed by atoms with Crippen molar-refractivity contribution < 1.29 is 4.79 Å². The Morgan fingerprint density at radius 3 is 2.47 bits per heavy atom. The molecule has 0 saturated carbocycles. The molecule has 1 amide bonds. The molecule has 0 aliphatic heterocycles. The van der Waals surface area contributed by atoms with Gasteiger partial charge in [-0.05, 0) is 29.8 Å². The van der Waals surface area contributed by atoms with Gasteiger partial charge in [-0.2, -0.15) is 5.10 Å². The van der Waals surface area contributed by atoms with Gasteiger partial charge in [0.15, 0.2) is 0 Å². The molecule has 4 rings (SSSR count). The fourth-order valence-electron chi connectivity index (χ4n) is 3.64. The van der Waals surface area contributed by atoms with E-state index in [4.69, 9.17) is 0 Å². The molecule has 3 aromatic carbocycles.